The average molecular weight is 412 g/mol. The van der Waals surface area contributed by atoms with E-state index in [4.69, 9.17) is 11.6 Å². The van der Waals surface area contributed by atoms with E-state index >= 15 is 0 Å². The Morgan fingerprint density at radius 1 is 1.07 bits per heavy atom. The summed E-state index contributed by atoms with van der Waals surface area (Å²) in [5.41, 5.74) is -0.720. The molecule has 2 aromatic carbocycles. The van der Waals surface area contributed by atoms with Crippen molar-refractivity contribution in [3.05, 3.63) is 76.3 Å². The van der Waals surface area contributed by atoms with E-state index in [2.05, 4.69) is 4.74 Å². The van der Waals surface area contributed by atoms with E-state index in [9.17, 15) is 27.6 Å². The van der Waals surface area contributed by atoms with Gasteiger partial charge in [0.2, 0.25) is 0 Å². The van der Waals surface area contributed by atoms with Crippen LogP contribution in [0.25, 0.3) is 6.08 Å². The summed E-state index contributed by atoms with van der Waals surface area (Å²) in [6.45, 7) is -0.738. The molecule has 2 aromatic rings. The lowest BCUT2D eigenvalue weighted by atomic mass is 10.1. The Bertz CT molecular complexity index is 911. The number of esters is 1. The molecule has 0 saturated carbocycles. The first-order valence-electron chi connectivity index (χ1n) is 7.77. The van der Waals surface area contributed by atoms with Crippen LogP contribution in [0.3, 0.4) is 0 Å². The summed E-state index contributed by atoms with van der Waals surface area (Å²) in [4.78, 5) is 35.0. The molecule has 0 aromatic heterocycles. The Kier molecular flexibility index (Phi) is 6.94. The lowest BCUT2D eigenvalue weighted by Gasteiger charge is -2.08. The van der Waals surface area contributed by atoms with Crippen LogP contribution in [0.1, 0.15) is 21.5 Å². The predicted molar refractivity (Wildman–Crippen MR) is 95.4 cm³/mol. The van der Waals surface area contributed by atoms with Crippen molar-refractivity contribution in [2.24, 2.45) is 0 Å². The lowest BCUT2D eigenvalue weighted by Crippen LogP contribution is -2.33. The molecule has 0 heterocycles. The van der Waals surface area contributed by atoms with Crippen LogP contribution < -0.4 is 5.32 Å². The van der Waals surface area contributed by atoms with Crippen molar-refractivity contribution in [1.82, 2.24) is 5.32 Å². The highest BCUT2D eigenvalue weighted by molar-refractivity contribution is 6.32. The monoisotopic (exact) mass is 411 g/mol. The number of alkyl halides is 3. The molecule has 0 aliphatic carbocycles. The molecule has 1 N–H and O–H groups in total. The SMILES string of the molecule is O=C(COC(=O)/C=C/c1cc(C(F)(F)F)ccc1Cl)NC(=O)c1ccccc1. The first-order valence-corrected chi connectivity index (χ1v) is 8.15. The topological polar surface area (TPSA) is 72.5 Å². The third-order valence-electron chi connectivity index (χ3n) is 3.36. The molecule has 2 rings (SSSR count). The van der Waals surface area contributed by atoms with Gasteiger partial charge >= 0.3 is 12.1 Å². The second-order valence-electron chi connectivity index (χ2n) is 5.42. The molecule has 0 atom stereocenters. The zero-order valence-electron chi connectivity index (χ0n) is 14.1. The fourth-order valence-corrected chi connectivity index (χ4v) is 2.20. The van der Waals surface area contributed by atoms with Gasteiger partial charge in [0, 0.05) is 16.7 Å². The van der Waals surface area contributed by atoms with Crippen molar-refractivity contribution in [3.8, 4) is 0 Å². The van der Waals surface area contributed by atoms with Gasteiger partial charge in [-0.1, -0.05) is 29.8 Å². The van der Waals surface area contributed by atoms with Crippen LogP contribution in [0.15, 0.2) is 54.6 Å². The molecule has 0 aliphatic heterocycles. The summed E-state index contributed by atoms with van der Waals surface area (Å²) in [5.74, 6) is -2.50. The molecule has 0 radical (unpaired) electrons. The van der Waals surface area contributed by atoms with Gasteiger partial charge in [0.15, 0.2) is 6.61 Å². The number of nitrogens with one attached hydrogen (secondary N) is 1. The van der Waals surface area contributed by atoms with Gasteiger partial charge in [-0.3, -0.25) is 14.9 Å². The highest BCUT2D eigenvalue weighted by Gasteiger charge is 2.30. The second-order valence-corrected chi connectivity index (χ2v) is 5.83. The summed E-state index contributed by atoms with van der Waals surface area (Å²) in [5, 5.41) is 2.04. The Labute approximate surface area is 162 Å². The molecule has 146 valence electrons. The minimum Gasteiger partial charge on any atom is -0.452 e. The van der Waals surface area contributed by atoms with Gasteiger partial charge in [-0.15, -0.1) is 0 Å². The van der Waals surface area contributed by atoms with Crippen LogP contribution in [0.2, 0.25) is 5.02 Å². The van der Waals surface area contributed by atoms with Crippen LogP contribution in [-0.2, 0) is 20.5 Å². The van der Waals surface area contributed by atoms with E-state index < -0.39 is 36.1 Å². The number of ether oxygens (including phenoxy) is 1. The molecule has 0 aliphatic rings. The summed E-state index contributed by atoms with van der Waals surface area (Å²) >= 11 is 5.80. The number of benzene rings is 2. The van der Waals surface area contributed by atoms with E-state index in [-0.39, 0.29) is 16.1 Å². The minimum atomic E-state index is -4.56. The van der Waals surface area contributed by atoms with Crippen molar-refractivity contribution >= 4 is 35.5 Å². The number of amides is 2. The molecule has 0 bridgehead atoms. The van der Waals surface area contributed by atoms with Crippen LogP contribution in [0, 0.1) is 0 Å². The Morgan fingerprint density at radius 2 is 1.75 bits per heavy atom. The largest absolute Gasteiger partial charge is 0.452 e. The van der Waals surface area contributed by atoms with Gasteiger partial charge in [0.25, 0.3) is 11.8 Å². The second kappa shape index (κ2) is 9.18. The Hall–Kier alpha value is -3.13. The minimum absolute atomic E-state index is 0.00301. The van der Waals surface area contributed by atoms with Gasteiger partial charge in [0.1, 0.15) is 0 Å². The van der Waals surface area contributed by atoms with Crippen molar-refractivity contribution in [3.63, 3.8) is 0 Å². The van der Waals surface area contributed by atoms with Crippen molar-refractivity contribution in [2.45, 2.75) is 6.18 Å². The van der Waals surface area contributed by atoms with Crippen LogP contribution in [-0.4, -0.2) is 24.4 Å². The Balaban J connectivity index is 1.90. The van der Waals surface area contributed by atoms with Crippen LogP contribution in [0.5, 0.6) is 0 Å². The predicted octanol–water partition coefficient (Wildman–Crippen LogP) is 3.87. The van der Waals surface area contributed by atoms with Gasteiger partial charge in [0.05, 0.1) is 5.56 Å². The van der Waals surface area contributed by atoms with E-state index in [0.29, 0.717) is 0 Å². The fraction of sp³-hybridized carbons (Fsp3) is 0.105. The van der Waals surface area contributed by atoms with Gasteiger partial charge < -0.3 is 4.74 Å². The highest BCUT2D eigenvalue weighted by Crippen LogP contribution is 2.32. The third-order valence-corrected chi connectivity index (χ3v) is 3.70. The highest BCUT2D eigenvalue weighted by atomic mass is 35.5. The summed E-state index contributed by atoms with van der Waals surface area (Å²) in [6.07, 6.45) is -2.70. The smallest absolute Gasteiger partial charge is 0.416 e. The molecule has 0 saturated heterocycles. The molecule has 28 heavy (non-hydrogen) atoms. The van der Waals surface area contributed by atoms with Gasteiger partial charge in [-0.2, -0.15) is 13.2 Å². The van der Waals surface area contributed by atoms with E-state index in [1.165, 1.54) is 12.1 Å². The maximum Gasteiger partial charge on any atom is 0.416 e. The summed E-state index contributed by atoms with van der Waals surface area (Å²) in [7, 11) is 0. The number of hydrogen-bond acceptors (Lipinski definition) is 4. The van der Waals surface area contributed by atoms with Crippen molar-refractivity contribution < 1.29 is 32.3 Å². The molecule has 0 unspecified atom stereocenters. The maximum absolute atomic E-state index is 12.7. The summed E-state index contributed by atoms with van der Waals surface area (Å²) in [6, 6.07) is 10.6. The van der Waals surface area contributed by atoms with Gasteiger partial charge in [-0.05, 0) is 42.0 Å². The third kappa shape index (κ3) is 6.24. The average Bonchev–Trinajstić information content (AvgIpc) is 2.65. The van der Waals surface area contributed by atoms with Crippen LogP contribution in [0.4, 0.5) is 13.2 Å². The quantitative estimate of drug-likeness (QED) is 0.599. The molecule has 5 nitrogen and oxygen atoms in total. The molecule has 0 spiro atoms. The van der Waals surface area contributed by atoms with E-state index in [1.807, 2.05) is 5.32 Å². The number of rotatable bonds is 5. The lowest BCUT2D eigenvalue weighted by molar-refractivity contribution is -0.143. The van der Waals surface area contributed by atoms with Crippen molar-refractivity contribution in [1.29, 1.82) is 0 Å². The zero-order valence-corrected chi connectivity index (χ0v) is 14.9. The normalized spacial score (nSPS) is 11.3. The summed E-state index contributed by atoms with van der Waals surface area (Å²) < 4.78 is 42.8. The molecular formula is C19H13ClF3NO4. The zero-order chi connectivity index (χ0) is 20.7. The number of carbonyl (C=O) groups is 3. The van der Waals surface area contributed by atoms with Crippen LogP contribution >= 0.6 is 11.6 Å². The van der Waals surface area contributed by atoms with Gasteiger partial charge in [-0.25, -0.2) is 4.79 Å². The van der Waals surface area contributed by atoms with E-state index in [0.717, 1.165) is 30.4 Å². The number of halogens is 4. The standard InChI is InChI=1S/C19H13ClF3NO4/c20-15-8-7-14(19(21,22)23)10-13(15)6-9-17(26)28-11-16(25)24-18(27)12-4-2-1-3-5-12/h1-10H,11H2,(H,24,25,27)/b9-6+. The number of imide groups is 1. The molecule has 0 fully saturated rings. The van der Waals surface area contributed by atoms with E-state index in [1.54, 1.807) is 18.2 Å². The first kappa shape index (κ1) is 21.2. The maximum atomic E-state index is 12.7. The number of hydrogen-bond donors (Lipinski definition) is 1. The molecular weight excluding hydrogens is 399 g/mol. The fourth-order valence-electron chi connectivity index (χ4n) is 2.01. The Morgan fingerprint density at radius 3 is 2.39 bits per heavy atom. The number of carbonyl (C=O) groups excluding carboxylic acids is 3. The first-order chi connectivity index (χ1) is 13.2. The molecule has 9 heteroatoms. The molecule has 2 amide bonds. The van der Waals surface area contributed by atoms with Crippen molar-refractivity contribution in [2.75, 3.05) is 6.61 Å².